The molecule has 4 aromatic rings. The summed E-state index contributed by atoms with van der Waals surface area (Å²) in [5, 5.41) is 14.3. The lowest BCUT2D eigenvalue weighted by molar-refractivity contribution is -0.140. The van der Waals surface area contributed by atoms with Crippen LogP contribution >= 0.6 is 0 Å². The molecule has 0 aromatic carbocycles. The lowest BCUT2D eigenvalue weighted by Crippen LogP contribution is -2.55. The number of hydrogen-bond acceptors (Lipinski definition) is 7. The molecule has 1 amide bonds. The van der Waals surface area contributed by atoms with E-state index < -0.39 is 11.2 Å². The van der Waals surface area contributed by atoms with Crippen molar-refractivity contribution in [2.24, 2.45) is 17.1 Å². The van der Waals surface area contributed by atoms with Crippen LogP contribution < -0.4 is 11.1 Å². The Labute approximate surface area is 207 Å². The number of halogens is 1. The lowest BCUT2D eigenvalue weighted by atomic mass is 9.49. The zero-order chi connectivity index (χ0) is 25.6. The van der Waals surface area contributed by atoms with Gasteiger partial charge in [0.15, 0.2) is 17.5 Å². The number of hydrogen-bond donors (Lipinski definition) is 3. The van der Waals surface area contributed by atoms with E-state index in [1.807, 2.05) is 39.0 Å². The number of nitrogens with one attached hydrogen (secondary N) is 2. The van der Waals surface area contributed by atoms with Gasteiger partial charge in [0.1, 0.15) is 11.6 Å². The maximum absolute atomic E-state index is 13.3. The molecule has 5 rings (SSSR count). The zero-order valence-electron chi connectivity index (χ0n) is 20.5. The van der Waals surface area contributed by atoms with Crippen molar-refractivity contribution >= 4 is 17.5 Å². The van der Waals surface area contributed by atoms with Gasteiger partial charge in [0.05, 0.1) is 17.8 Å². The van der Waals surface area contributed by atoms with Crippen LogP contribution in [-0.2, 0) is 4.79 Å². The first kappa shape index (κ1) is 23.6. The van der Waals surface area contributed by atoms with Crippen LogP contribution in [0.4, 0.5) is 16.0 Å². The van der Waals surface area contributed by atoms with E-state index in [0.717, 1.165) is 23.1 Å². The third kappa shape index (κ3) is 4.21. The Morgan fingerprint density at radius 1 is 1.25 bits per heavy atom. The number of H-pyrrole nitrogens is 1. The maximum atomic E-state index is 13.3. The SMILES string of the molecule is Cc1cc(Nc2cc(C)[nH]n2)nc(C2CC(C)(C(N)=O)C2[C@H](C)c2ccc(-n3cc(F)cn3)nc2)n1. The van der Waals surface area contributed by atoms with E-state index in [0.29, 0.717) is 29.7 Å². The van der Waals surface area contributed by atoms with Crippen LogP contribution in [0.15, 0.2) is 42.9 Å². The molecule has 4 aromatic heterocycles. The number of amides is 1. The summed E-state index contributed by atoms with van der Waals surface area (Å²) in [5.74, 6) is 1.43. The zero-order valence-corrected chi connectivity index (χ0v) is 20.5. The Bertz CT molecular complexity index is 1410. The summed E-state index contributed by atoms with van der Waals surface area (Å²) in [6.07, 6.45) is 4.69. The first-order chi connectivity index (χ1) is 17.1. The van der Waals surface area contributed by atoms with E-state index in [1.165, 1.54) is 10.9 Å². The van der Waals surface area contributed by atoms with Crippen LogP contribution in [0.1, 0.15) is 54.9 Å². The second-order valence-corrected chi connectivity index (χ2v) is 9.77. The predicted molar refractivity (Wildman–Crippen MR) is 131 cm³/mol. The highest BCUT2D eigenvalue weighted by Crippen LogP contribution is 2.60. The molecule has 0 bridgehead atoms. The molecule has 11 heteroatoms. The summed E-state index contributed by atoms with van der Waals surface area (Å²) < 4.78 is 14.7. The van der Waals surface area contributed by atoms with Crippen LogP contribution in [0.5, 0.6) is 0 Å². The topological polar surface area (TPSA) is 140 Å². The van der Waals surface area contributed by atoms with Gasteiger partial charge in [-0.05, 0) is 43.7 Å². The summed E-state index contributed by atoms with van der Waals surface area (Å²) in [6.45, 7) is 7.80. The number of carbonyl (C=O) groups excluding carboxylic acids is 1. The van der Waals surface area contributed by atoms with Crippen molar-refractivity contribution in [3.63, 3.8) is 0 Å². The van der Waals surface area contributed by atoms with Crippen molar-refractivity contribution in [1.82, 2.24) is 34.9 Å². The molecule has 1 aliphatic rings. The van der Waals surface area contributed by atoms with Gasteiger partial charge >= 0.3 is 0 Å². The minimum atomic E-state index is -0.714. The Hall–Kier alpha value is -4.15. The lowest BCUT2D eigenvalue weighted by Gasteiger charge is -2.53. The molecular formula is C25H28FN9O. The normalized spacial score (nSPS) is 22.1. The van der Waals surface area contributed by atoms with E-state index in [2.05, 4.69) is 32.5 Å². The smallest absolute Gasteiger partial charge is 0.223 e. The minimum absolute atomic E-state index is 0.0633. The molecule has 1 aliphatic carbocycles. The first-order valence-corrected chi connectivity index (χ1v) is 11.7. The van der Waals surface area contributed by atoms with Gasteiger partial charge in [-0.2, -0.15) is 10.2 Å². The standard InChI is InChI=1S/C25H28FN9O/c1-13-7-19(31-20-8-14(2)33-34-20)32-23(30-13)18-9-25(4,24(27)36)22(18)15(3)16-5-6-21(28-10-16)35-12-17(26)11-29-35/h5-8,10-12,15,18,22H,9H2,1-4H3,(H2,27,36)(H2,30,31,32,33,34)/t15-,18?,22?,25?/m1/s1. The van der Waals surface area contributed by atoms with Crippen molar-refractivity contribution in [2.45, 2.75) is 46.0 Å². The molecule has 0 saturated heterocycles. The van der Waals surface area contributed by atoms with Gasteiger partial charge in [-0.3, -0.25) is 9.89 Å². The van der Waals surface area contributed by atoms with Gasteiger partial charge in [-0.15, -0.1) is 0 Å². The fourth-order valence-electron chi connectivity index (χ4n) is 5.29. The predicted octanol–water partition coefficient (Wildman–Crippen LogP) is 3.68. The van der Waals surface area contributed by atoms with Crippen LogP contribution in [0.3, 0.4) is 0 Å². The molecular weight excluding hydrogens is 461 g/mol. The Morgan fingerprint density at radius 2 is 2.06 bits per heavy atom. The Balaban J connectivity index is 1.44. The second kappa shape index (κ2) is 8.81. The van der Waals surface area contributed by atoms with Crippen LogP contribution in [0.2, 0.25) is 0 Å². The number of nitrogens with zero attached hydrogens (tertiary/aromatic N) is 6. The van der Waals surface area contributed by atoms with E-state index in [9.17, 15) is 9.18 Å². The Morgan fingerprint density at radius 3 is 2.67 bits per heavy atom. The third-order valence-corrected chi connectivity index (χ3v) is 7.16. The van der Waals surface area contributed by atoms with Gasteiger partial charge in [-0.1, -0.05) is 19.9 Å². The second-order valence-electron chi connectivity index (χ2n) is 9.77. The van der Waals surface area contributed by atoms with Crippen LogP contribution in [0, 0.1) is 31.0 Å². The molecule has 1 fully saturated rings. The molecule has 4 N–H and O–H groups in total. The fourth-order valence-corrected chi connectivity index (χ4v) is 5.29. The van der Waals surface area contributed by atoms with E-state index in [-0.39, 0.29) is 23.7 Å². The average Bonchev–Trinajstić information content (AvgIpc) is 3.44. The number of primary amides is 1. The molecule has 36 heavy (non-hydrogen) atoms. The molecule has 3 unspecified atom stereocenters. The first-order valence-electron chi connectivity index (χ1n) is 11.7. The number of aromatic nitrogens is 7. The maximum Gasteiger partial charge on any atom is 0.223 e. The fraction of sp³-hybridized carbons (Fsp3) is 0.360. The van der Waals surface area contributed by atoms with E-state index in [4.69, 9.17) is 15.7 Å². The number of rotatable bonds is 7. The van der Waals surface area contributed by atoms with Gasteiger partial charge < -0.3 is 11.1 Å². The van der Waals surface area contributed by atoms with Crippen molar-refractivity contribution in [1.29, 1.82) is 0 Å². The van der Waals surface area contributed by atoms with Crippen LogP contribution in [0.25, 0.3) is 5.82 Å². The van der Waals surface area contributed by atoms with Crippen molar-refractivity contribution in [2.75, 3.05) is 5.32 Å². The quantitative estimate of drug-likeness (QED) is 0.360. The number of anilines is 2. The van der Waals surface area contributed by atoms with Crippen molar-refractivity contribution < 1.29 is 9.18 Å². The largest absolute Gasteiger partial charge is 0.369 e. The summed E-state index contributed by atoms with van der Waals surface area (Å²) in [4.78, 5) is 26.5. The third-order valence-electron chi connectivity index (χ3n) is 7.16. The van der Waals surface area contributed by atoms with Gasteiger partial charge in [-0.25, -0.2) is 24.0 Å². The summed E-state index contributed by atoms with van der Waals surface area (Å²) in [5.41, 5.74) is 7.85. The number of nitrogens with two attached hydrogens (primary N) is 1. The number of aromatic amines is 1. The molecule has 4 heterocycles. The average molecular weight is 490 g/mol. The molecule has 10 nitrogen and oxygen atoms in total. The van der Waals surface area contributed by atoms with E-state index >= 15 is 0 Å². The molecule has 0 spiro atoms. The molecule has 1 saturated carbocycles. The Kier molecular flexibility index (Phi) is 5.77. The monoisotopic (exact) mass is 489 g/mol. The summed E-state index contributed by atoms with van der Waals surface area (Å²) in [7, 11) is 0. The minimum Gasteiger partial charge on any atom is -0.369 e. The van der Waals surface area contributed by atoms with Gasteiger partial charge in [0.25, 0.3) is 0 Å². The van der Waals surface area contributed by atoms with Crippen LogP contribution in [-0.4, -0.2) is 40.8 Å². The highest BCUT2D eigenvalue weighted by Gasteiger charge is 2.58. The molecule has 4 atom stereocenters. The summed E-state index contributed by atoms with van der Waals surface area (Å²) in [6, 6.07) is 7.46. The molecule has 0 radical (unpaired) electrons. The molecule has 0 aliphatic heterocycles. The van der Waals surface area contributed by atoms with Gasteiger partial charge in [0.2, 0.25) is 5.91 Å². The number of pyridine rings is 1. The number of aryl methyl sites for hydroxylation is 2. The van der Waals surface area contributed by atoms with Crippen molar-refractivity contribution in [3.05, 3.63) is 71.4 Å². The summed E-state index contributed by atoms with van der Waals surface area (Å²) >= 11 is 0. The van der Waals surface area contributed by atoms with Crippen molar-refractivity contribution in [3.8, 4) is 5.82 Å². The molecule has 186 valence electrons. The highest BCUT2D eigenvalue weighted by atomic mass is 19.1. The highest BCUT2D eigenvalue weighted by molar-refractivity contribution is 5.82. The van der Waals surface area contributed by atoms with E-state index in [1.54, 1.807) is 12.3 Å². The van der Waals surface area contributed by atoms with Gasteiger partial charge in [0, 0.05) is 35.6 Å². The number of carbonyl (C=O) groups is 1.